The van der Waals surface area contributed by atoms with E-state index >= 15 is 0 Å². The zero-order valence-corrected chi connectivity index (χ0v) is 18.1. The Hall–Kier alpha value is -3.96. The lowest BCUT2D eigenvalue weighted by atomic mass is 9.99. The van der Waals surface area contributed by atoms with Gasteiger partial charge in [0.2, 0.25) is 5.13 Å². The predicted molar refractivity (Wildman–Crippen MR) is 117 cm³/mol. The molecule has 0 saturated heterocycles. The van der Waals surface area contributed by atoms with E-state index in [1.807, 2.05) is 0 Å². The molecule has 0 radical (unpaired) electrons. The fraction of sp³-hybridized carbons (Fsp3) is 0.273. The maximum Gasteiger partial charge on any atom is 0.280 e. The van der Waals surface area contributed by atoms with Crippen molar-refractivity contribution >= 4 is 22.4 Å². The Labute approximate surface area is 191 Å². The van der Waals surface area contributed by atoms with Crippen LogP contribution in [0.1, 0.15) is 45.5 Å². The van der Waals surface area contributed by atoms with Crippen molar-refractivity contribution in [2.75, 3.05) is 12.4 Å². The largest absolute Gasteiger partial charge is 0.494 e. The number of halogens is 2. The van der Waals surface area contributed by atoms with Gasteiger partial charge in [-0.15, -0.1) is 22.5 Å². The van der Waals surface area contributed by atoms with Crippen LogP contribution in [0.25, 0.3) is 16.0 Å². The highest BCUT2D eigenvalue weighted by Gasteiger charge is 2.39. The molecule has 1 fully saturated rings. The van der Waals surface area contributed by atoms with Gasteiger partial charge in [-0.3, -0.25) is 20.1 Å². The summed E-state index contributed by atoms with van der Waals surface area (Å²) < 4.78 is 31.9. The molecule has 1 aliphatic carbocycles. The second kappa shape index (κ2) is 9.27. The van der Waals surface area contributed by atoms with E-state index in [1.54, 1.807) is 0 Å². The zero-order chi connectivity index (χ0) is 23.5. The summed E-state index contributed by atoms with van der Waals surface area (Å²) in [7, 11) is 1.37. The van der Waals surface area contributed by atoms with Gasteiger partial charge < -0.3 is 9.58 Å². The molecule has 2 atom stereocenters. The third-order valence-corrected chi connectivity index (χ3v) is 6.02. The molecule has 3 aromatic rings. The molecule has 1 amide bonds. The van der Waals surface area contributed by atoms with Gasteiger partial charge in [-0.1, -0.05) is 11.3 Å². The summed E-state index contributed by atoms with van der Waals surface area (Å²) in [5, 5.41) is 11.8. The van der Waals surface area contributed by atoms with Gasteiger partial charge in [0.1, 0.15) is 22.1 Å². The molecular weight excluding hydrogens is 450 g/mol. The fourth-order valence-corrected chi connectivity index (χ4v) is 4.19. The molecule has 0 aromatic carbocycles. The van der Waals surface area contributed by atoms with Crippen molar-refractivity contribution in [2.24, 2.45) is 5.92 Å². The van der Waals surface area contributed by atoms with Gasteiger partial charge in [0.05, 0.1) is 18.9 Å². The minimum Gasteiger partial charge on any atom is -0.494 e. The van der Waals surface area contributed by atoms with Gasteiger partial charge in [-0.05, 0) is 18.6 Å². The van der Waals surface area contributed by atoms with Gasteiger partial charge in [0, 0.05) is 29.2 Å². The summed E-state index contributed by atoms with van der Waals surface area (Å²) in [6.07, 6.45) is 5.92. The molecule has 166 valence electrons. The van der Waals surface area contributed by atoms with Gasteiger partial charge >= 0.3 is 0 Å². The number of carbonyl (C=O) groups is 1. The first-order valence-corrected chi connectivity index (χ1v) is 10.5. The van der Waals surface area contributed by atoms with Gasteiger partial charge in [0.15, 0.2) is 0 Å². The van der Waals surface area contributed by atoms with Crippen molar-refractivity contribution in [1.82, 2.24) is 20.2 Å². The van der Waals surface area contributed by atoms with E-state index < -0.39 is 18.0 Å². The zero-order valence-electron chi connectivity index (χ0n) is 17.2. The Morgan fingerprint density at radius 3 is 2.85 bits per heavy atom. The molecule has 4 rings (SSSR count). The Kier molecular flexibility index (Phi) is 6.24. The predicted octanol–water partition coefficient (Wildman–Crippen LogP) is 4.35. The van der Waals surface area contributed by atoms with Gasteiger partial charge in [-0.25, -0.2) is 15.4 Å². The molecular formula is C22H16F2N6O2S. The number of carbonyl (C=O) groups excluding carboxylic acids is 1. The highest BCUT2D eigenvalue weighted by atomic mass is 32.1. The average molecular weight is 466 g/mol. The maximum atomic E-state index is 13.3. The summed E-state index contributed by atoms with van der Waals surface area (Å²) in [6, 6.07) is 2.67. The minimum atomic E-state index is -2.81. The van der Waals surface area contributed by atoms with Crippen molar-refractivity contribution in [3.05, 3.63) is 57.9 Å². The van der Waals surface area contributed by atoms with Gasteiger partial charge in [0.25, 0.3) is 18.9 Å². The number of anilines is 1. The molecule has 0 spiro atoms. The highest BCUT2D eigenvalue weighted by molar-refractivity contribution is 7.15. The van der Waals surface area contributed by atoms with Crippen molar-refractivity contribution in [3.63, 3.8) is 0 Å². The number of aromatic nitrogens is 4. The van der Waals surface area contributed by atoms with Crippen LogP contribution in [0, 0.1) is 24.8 Å². The van der Waals surface area contributed by atoms with E-state index in [2.05, 4.69) is 36.2 Å². The molecule has 3 heterocycles. The molecule has 8 nitrogen and oxygen atoms in total. The van der Waals surface area contributed by atoms with Crippen molar-refractivity contribution in [2.45, 2.75) is 25.3 Å². The van der Waals surface area contributed by atoms with Crippen LogP contribution in [0.15, 0.2) is 24.5 Å². The average Bonchev–Trinajstić information content (AvgIpc) is 3.47. The number of amides is 1. The number of nitrogens with one attached hydrogen (secondary N) is 1. The highest BCUT2D eigenvalue weighted by Crippen LogP contribution is 2.48. The topological polar surface area (TPSA) is 94.2 Å². The first-order valence-electron chi connectivity index (χ1n) is 9.70. The Balaban J connectivity index is 1.71. The van der Waals surface area contributed by atoms with Crippen LogP contribution < -0.4 is 10.1 Å². The number of alkyl halides is 2. The lowest BCUT2D eigenvalue weighted by molar-refractivity contribution is 0.102. The quantitative estimate of drug-likeness (QED) is 0.411. The Bertz CT molecular complexity index is 1300. The number of terminal acetylenes is 1. The smallest absolute Gasteiger partial charge is 0.280 e. The van der Waals surface area contributed by atoms with Crippen LogP contribution >= 0.6 is 11.3 Å². The van der Waals surface area contributed by atoms with Crippen LogP contribution in [0.3, 0.4) is 0 Å². The molecule has 1 saturated carbocycles. The lowest BCUT2D eigenvalue weighted by Gasteiger charge is -2.14. The number of hydrogen-bond donors (Lipinski definition) is 1. The maximum absolute atomic E-state index is 13.3. The van der Waals surface area contributed by atoms with Crippen LogP contribution in [0.4, 0.5) is 13.9 Å². The lowest BCUT2D eigenvalue weighted by Crippen LogP contribution is -2.14. The van der Waals surface area contributed by atoms with E-state index in [9.17, 15) is 13.6 Å². The molecule has 0 bridgehead atoms. The van der Waals surface area contributed by atoms with Gasteiger partial charge in [-0.2, -0.15) is 0 Å². The standard InChI is InChI=1S/C22H16F2N6O2S/c1-4-11-5-13(11)21-29-30-22(33-21)28-20(31)16-9-26-12(8-25-2)6-14(16)15-7-17(19(23)24)27-10-18(15)32-3/h1,6-7,9-11,13,19H,5,8H2,3H3,(H,28,30,31)/t11-,13-/m0/s1. The number of ether oxygens (including phenoxy) is 1. The SMILES string of the molecule is [C-]#[N+]Cc1cc(-c2cc(C(F)F)ncc2OC)c(C(=O)Nc2nnc([C@H]3C[C@@H]3C#C)s2)cn1. The molecule has 33 heavy (non-hydrogen) atoms. The second-order valence-electron chi connectivity index (χ2n) is 7.16. The number of pyridine rings is 2. The number of nitrogens with zero attached hydrogens (tertiary/aromatic N) is 5. The molecule has 1 aliphatic rings. The third kappa shape index (κ3) is 4.64. The van der Waals surface area contributed by atoms with E-state index in [4.69, 9.17) is 17.7 Å². The second-order valence-corrected chi connectivity index (χ2v) is 8.17. The summed E-state index contributed by atoms with van der Waals surface area (Å²) in [6.45, 7) is 7.05. The van der Waals surface area contributed by atoms with Crippen LogP contribution in [0.5, 0.6) is 5.75 Å². The van der Waals surface area contributed by atoms with Crippen LogP contribution in [-0.2, 0) is 6.54 Å². The number of methoxy groups -OCH3 is 1. The van der Waals surface area contributed by atoms with Crippen molar-refractivity contribution in [3.8, 4) is 29.2 Å². The van der Waals surface area contributed by atoms with Crippen molar-refractivity contribution in [1.29, 1.82) is 0 Å². The first kappa shape index (κ1) is 22.2. The van der Waals surface area contributed by atoms with Crippen LogP contribution in [0.2, 0.25) is 0 Å². The molecule has 0 aliphatic heterocycles. The summed E-state index contributed by atoms with van der Waals surface area (Å²) in [5.41, 5.74) is 0.511. The first-order chi connectivity index (χ1) is 15.9. The molecule has 11 heteroatoms. The Morgan fingerprint density at radius 2 is 2.18 bits per heavy atom. The Morgan fingerprint density at radius 1 is 1.36 bits per heavy atom. The number of rotatable bonds is 7. The van der Waals surface area contributed by atoms with Crippen molar-refractivity contribution < 1.29 is 18.3 Å². The number of hydrogen-bond acceptors (Lipinski definition) is 7. The summed E-state index contributed by atoms with van der Waals surface area (Å²) in [4.78, 5) is 24.3. The van der Waals surface area contributed by atoms with E-state index in [0.717, 1.165) is 17.5 Å². The van der Waals surface area contributed by atoms with Crippen LogP contribution in [-0.4, -0.2) is 33.2 Å². The normalized spacial score (nSPS) is 16.7. The summed E-state index contributed by atoms with van der Waals surface area (Å²) in [5.74, 6) is 2.60. The molecule has 1 N–H and O–H groups in total. The monoisotopic (exact) mass is 466 g/mol. The minimum absolute atomic E-state index is 0.0402. The third-order valence-electron chi connectivity index (χ3n) is 5.05. The summed E-state index contributed by atoms with van der Waals surface area (Å²) >= 11 is 1.23. The van der Waals surface area contributed by atoms with E-state index in [1.165, 1.54) is 36.9 Å². The van der Waals surface area contributed by atoms with E-state index in [-0.39, 0.29) is 46.0 Å². The fourth-order valence-electron chi connectivity index (χ4n) is 3.27. The van der Waals surface area contributed by atoms with E-state index in [0.29, 0.717) is 5.69 Å². The molecule has 3 aromatic heterocycles. The molecule has 0 unspecified atom stereocenters.